The molecular weight excluding hydrogens is 252 g/mol. The summed E-state index contributed by atoms with van der Waals surface area (Å²) in [5.41, 5.74) is 2.89. The first-order valence-corrected chi connectivity index (χ1v) is 7.29. The maximum atomic E-state index is 12.4. The molecule has 0 radical (unpaired) electrons. The van der Waals surface area contributed by atoms with Gasteiger partial charge in [0.2, 0.25) is 0 Å². The second-order valence-corrected chi connectivity index (χ2v) is 5.74. The molecule has 20 heavy (non-hydrogen) atoms. The first-order chi connectivity index (χ1) is 9.51. The largest absolute Gasteiger partial charge is 0.393 e. The Morgan fingerprint density at radius 1 is 1.45 bits per heavy atom. The van der Waals surface area contributed by atoms with Crippen LogP contribution in [0.3, 0.4) is 0 Å². The van der Waals surface area contributed by atoms with Crippen molar-refractivity contribution in [3.63, 3.8) is 0 Å². The number of rotatable bonds is 5. The molecule has 0 heterocycles. The van der Waals surface area contributed by atoms with Crippen LogP contribution in [0.1, 0.15) is 35.7 Å². The van der Waals surface area contributed by atoms with Gasteiger partial charge in [-0.15, -0.1) is 0 Å². The first kappa shape index (κ1) is 14.9. The number of nitrogens with zero attached hydrogens (tertiary/aromatic N) is 1. The van der Waals surface area contributed by atoms with Gasteiger partial charge in [-0.1, -0.05) is 0 Å². The normalized spacial score (nSPS) is 21.2. The van der Waals surface area contributed by atoms with E-state index in [1.807, 2.05) is 32.2 Å². The highest BCUT2D eigenvalue weighted by atomic mass is 16.3. The fraction of sp³-hybridized carbons (Fsp3) is 0.562. The third kappa shape index (κ3) is 3.31. The molecule has 1 aromatic rings. The lowest BCUT2D eigenvalue weighted by molar-refractivity contribution is 0.0265. The van der Waals surface area contributed by atoms with Gasteiger partial charge in [-0.05, 0) is 56.4 Å². The van der Waals surface area contributed by atoms with Crippen LogP contribution in [0.4, 0.5) is 5.69 Å². The number of carbonyl (C=O) groups is 1. The molecular formula is C16H24N2O2. The summed E-state index contributed by atoms with van der Waals surface area (Å²) in [7, 11) is 1.83. The lowest BCUT2D eigenvalue weighted by Gasteiger charge is -2.34. The summed E-state index contributed by atoms with van der Waals surface area (Å²) in [5, 5.41) is 12.6. The summed E-state index contributed by atoms with van der Waals surface area (Å²) < 4.78 is 0. The van der Waals surface area contributed by atoms with Gasteiger partial charge < -0.3 is 15.3 Å². The molecule has 0 unspecified atom stereocenters. The van der Waals surface area contributed by atoms with Crippen LogP contribution in [-0.2, 0) is 0 Å². The van der Waals surface area contributed by atoms with E-state index in [1.54, 1.807) is 4.90 Å². The third-order valence-corrected chi connectivity index (χ3v) is 3.93. The highest BCUT2D eigenvalue weighted by molar-refractivity contribution is 5.94. The molecule has 0 aromatic heterocycles. The standard InChI is InChI=1S/C16H24N2O2/c1-4-17-15-6-5-13(7-11(15)2)16(20)18(3)10-12-8-14(19)9-12/h5-7,12,14,17,19H,4,8-10H2,1-3H3. The summed E-state index contributed by atoms with van der Waals surface area (Å²) in [6.45, 7) is 5.67. The number of aliphatic hydroxyl groups excluding tert-OH is 1. The van der Waals surface area contributed by atoms with Gasteiger partial charge in [0.25, 0.3) is 5.91 Å². The summed E-state index contributed by atoms with van der Waals surface area (Å²) >= 11 is 0. The van der Waals surface area contributed by atoms with E-state index in [2.05, 4.69) is 12.2 Å². The fourth-order valence-corrected chi connectivity index (χ4v) is 2.73. The third-order valence-electron chi connectivity index (χ3n) is 3.93. The average Bonchev–Trinajstić information content (AvgIpc) is 2.38. The van der Waals surface area contributed by atoms with Gasteiger partial charge in [0.15, 0.2) is 0 Å². The van der Waals surface area contributed by atoms with Gasteiger partial charge in [0.05, 0.1) is 6.10 Å². The van der Waals surface area contributed by atoms with E-state index in [1.165, 1.54) is 0 Å². The first-order valence-electron chi connectivity index (χ1n) is 7.29. The summed E-state index contributed by atoms with van der Waals surface area (Å²) in [6.07, 6.45) is 1.47. The minimum absolute atomic E-state index is 0.0533. The van der Waals surface area contributed by atoms with Crippen molar-refractivity contribution in [2.24, 2.45) is 5.92 Å². The number of amides is 1. The number of carbonyl (C=O) groups excluding carboxylic acids is 1. The Kier molecular flexibility index (Phi) is 4.65. The molecule has 0 spiro atoms. The maximum Gasteiger partial charge on any atom is 0.253 e. The Bertz CT molecular complexity index is 481. The van der Waals surface area contributed by atoms with Crippen LogP contribution < -0.4 is 5.32 Å². The predicted octanol–water partition coefficient (Wildman–Crippen LogP) is 2.27. The molecule has 1 aromatic carbocycles. The fourth-order valence-electron chi connectivity index (χ4n) is 2.73. The monoisotopic (exact) mass is 276 g/mol. The van der Waals surface area contributed by atoms with Crippen LogP contribution in [-0.4, -0.2) is 42.2 Å². The Labute approximate surface area is 120 Å². The Morgan fingerprint density at radius 3 is 2.70 bits per heavy atom. The summed E-state index contributed by atoms with van der Waals surface area (Å²) in [6, 6.07) is 5.78. The molecule has 0 atom stereocenters. The van der Waals surface area contributed by atoms with Crippen LogP contribution in [0.25, 0.3) is 0 Å². The average molecular weight is 276 g/mol. The Morgan fingerprint density at radius 2 is 2.15 bits per heavy atom. The molecule has 2 N–H and O–H groups in total. The van der Waals surface area contributed by atoms with E-state index in [0.717, 1.165) is 42.7 Å². The van der Waals surface area contributed by atoms with Crippen molar-refractivity contribution in [1.82, 2.24) is 4.90 Å². The SMILES string of the molecule is CCNc1ccc(C(=O)N(C)CC2CC(O)C2)cc1C. The number of hydrogen-bond acceptors (Lipinski definition) is 3. The lowest BCUT2D eigenvalue weighted by atomic mass is 9.82. The minimum atomic E-state index is -0.162. The van der Waals surface area contributed by atoms with Gasteiger partial charge in [-0.2, -0.15) is 0 Å². The molecule has 110 valence electrons. The van der Waals surface area contributed by atoms with Gasteiger partial charge in [0, 0.05) is 31.4 Å². The van der Waals surface area contributed by atoms with E-state index in [0.29, 0.717) is 5.92 Å². The lowest BCUT2D eigenvalue weighted by Crippen LogP contribution is -2.39. The number of nitrogens with one attached hydrogen (secondary N) is 1. The van der Waals surface area contributed by atoms with E-state index in [9.17, 15) is 9.90 Å². The zero-order chi connectivity index (χ0) is 14.7. The van der Waals surface area contributed by atoms with Crippen molar-refractivity contribution in [3.05, 3.63) is 29.3 Å². The topological polar surface area (TPSA) is 52.6 Å². The zero-order valence-electron chi connectivity index (χ0n) is 12.5. The van der Waals surface area contributed by atoms with E-state index >= 15 is 0 Å². The van der Waals surface area contributed by atoms with Crippen LogP contribution >= 0.6 is 0 Å². The molecule has 1 fully saturated rings. The van der Waals surface area contributed by atoms with Crippen LogP contribution in [0.2, 0.25) is 0 Å². The minimum Gasteiger partial charge on any atom is -0.393 e. The highest BCUT2D eigenvalue weighted by Crippen LogP contribution is 2.28. The van der Waals surface area contributed by atoms with Gasteiger partial charge in [0.1, 0.15) is 0 Å². The van der Waals surface area contributed by atoms with Crippen molar-refractivity contribution in [1.29, 1.82) is 0 Å². The van der Waals surface area contributed by atoms with Gasteiger partial charge in [-0.3, -0.25) is 4.79 Å². The molecule has 4 heteroatoms. The van der Waals surface area contributed by atoms with Crippen molar-refractivity contribution in [3.8, 4) is 0 Å². The molecule has 1 aliphatic carbocycles. The molecule has 4 nitrogen and oxygen atoms in total. The number of aliphatic hydroxyl groups is 1. The van der Waals surface area contributed by atoms with Crippen molar-refractivity contribution in [2.75, 3.05) is 25.5 Å². The van der Waals surface area contributed by atoms with E-state index < -0.39 is 0 Å². The molecule has 2 rings (SSSR count). The number of aryl methyl sites for hydroxylation is 1. The molecule has 1 amide bonds. The van der Waals surface area contributed by atoms with Gasteiger partial charge in [-0.25, -0.2) is 0 Å². The van der Waals surface area contributed by atoms with Crippen molar-refractivity contribution < 1.29 is 9.90 Å². The number of hydrogen-bond donors (Lipinski definition) is 2. The molecule has 0 bridgehead atoms. The van der Waals surface area contributed by atoms with Crippen LogP contribution in [0.15, 0.2) is 18.2 Å². The van der Waals surface area contributed by atoms with Gasteiger partial charge >= 0.3 is 0 Å². The van der Waals surface area contributed by atoms with Crippen LogP contribution in [0.5, 0.6) is 0 Å². The molecule has 1 aliphatic rings. The second-order valence-electron chi connectivity index (χ2n) is 5.74. The quantitative estimate of drug-likeness (QED) is 0.867. The number of anilines is 1. The highest BCUT2D eigenvalue weighted by Gasteiger charge is 2.29. The summed E-state index contributed by atoms with van der Waals surface area (Å²) in [5.74, 6) is 0.499. The summed E-state index contributed by atoms with van der Waals surface area (Å²) in [4.78, 5) is 14.1. The van der Waals surface area contributed by atoms with Crippen molar-refractivity contribution in [2.45, 2.75) is 32.8 Å². The number of benzene rings is 1. The predicted molar refractivity (Wildman–Crippen MR) is 81.0 cm³/mol. The zero-order valence-corrected chi connectivity index (χ0v) is 12.5. The van der Waals surface area contributed by atoms with E-state index in [4.69, 9.17) is 0 Å². The van der Waals surface area contributed by atoms with Crippen molar-refractivity contribution >= 4 is 11.6 Å². The Balaban J connectivity index is 1.99. The molecule has 0 aliphatic heterocycles. The second kappa shape index (κ2) is 6.27. The maximum absolute atomic E-state index is 12.4. The smallest absolute Gasteiger partial charge is 0.253 e. The molecule has 1 saturated carbocycles. The Hall–Kier alpha value is -1.55. The molecule has 0 saturated heterocycles. The van der Waals surface area contributed by atoms with Crippen LogP contribution in [0, 0.1) is 12.8 Å². The van der Waals surface area contributed by atoms with E-state index in [-0.39, 0.29) is 12.0 Å².